The second kappa shape index (κ2) is 1.63. The van der Waals surface area contributed by atoms with E-state index in [-0.39, 0.29) is 0 Å². The van der Waals surface area contributed by atoms with E-state index in [1.807, 2.05) is 11.6 Å². The van der Waals surface area contributed by atoms with Gasteiger partial charge in [0, 0.05) is 11.6 Å². The van der Waals surface area contributed by atoms with Crippen molar-refractivity contribution in [3.8, 4) is 0 Å². The lowest BCUT2D eigenvalue weighted by Gasteiger charge is -1.81. The predicted molar refractivity (Wildman–Crippen MR) is 41.9 cm³/mol. The second-order valence-electron chi connectivity index (χ2n) is 1.93. The van der Waals surface area contributed by atoms with Crippen LogP contribution in [-0.4, -0.2) is 9.38 Å². The minimum atomic E-state index is 0.453. The average molecular weight is 154 g/mol. The molecular weight excluding hydrogens is 148 g/mol. The first-order valence-electron chi connectivity index (χ1n) is 2.75. The van der Waals surface area contributed by atoms with Crippen molar-refractivity contribution in [3.63, 3.8) is 0 Å². The molecule has 0 aliphatic rings. The minimum Gasteiger partial charge on any atom is -0.381 e. The van der Waals surface area contributed by atoms with Crippen molar-refractivity contribution in [2.75, 3.05) is 11.5 Å². The number of aromatic nitrogens is 2. The summed E-state index contributed by atoms with van der Waals surface area (Å²) in [6.07, 6.45) is 1.85. The van der Waals surface area contributed by atoms with Crippen molar-refractivity contribution >= 4 is 27.9 Å². The van der Waals surface area contributed by atoms with Gasteiger partial charge in [-0.1, -0.05) is 0 Å². The van der Waals surface area contributed by atoms with Gasteiger partial charge in [0.2, 0.25) is 5.95 Å². The standard InChI is InChI=1S/C5H6N4S/c6-3-4-9(1-2-10-4)5(7)8-3/h1-2H,6H2,(H2,7,8). The Balaban J connectivity index is 2.98. The Bertz CT molecular complexity index is 329. The number of hydrogen-bond donors (Lipinski definition) is 2. The Hall–Kier alpha value is -1.23. The molecule has 0 aliphatic heterocycles. The van der Waals surface area contributed by atoms with Crippen LogP contribution < -0.4 is 11.5 Å². The summed E-state index contributed by atoms with van der Waals surface area (Å²) in [5.74, 6) is 0.959. The molecule has 0 amide bonds. The molecule has 0 saturated heterocycles. The fourth-order valence-electron chi connectivity index (χ4n) is 0.870. The van der Waals surface area contributed by atoms with E-state index < -0.39 is 0 Å². The van der Waals surface area contributed by atoms with Crippen LogP contribution in [0.15, 0.2) is 11.6 Å². The maximum Gasteiger partial charge on any atom is 0.207 e. The zero-order chi connectivity index (χ0) is 7.14. The molecule has 0 bridgehead atoms. The fraction of sp³-hybridized carbons (Fsp3) is 0. The van der Waals surface area contributed by atoms with Gasteiger partial charge in [-0.25, -0.2) is 0 Å². The number of nitrogen functional groups attached to an aromatic ring is 2. The summed E-state index contributed by atoms with van der Waals surface area (Å²) in [6, 6.07) is 0. The molecule has 4 N–H and O–H groups in total. The van der Waals surface area contributed by atoms with E-state index in [9.17, 15) is 0 Å². The molecule has 0 spiro atoms. The number of imidazole rings is 1. The van der Waals surface area contributed by atoms with Crippen molar-refractivity contribution < 1.29 is 0 Å². The average Bonchev–Trinajstić information content (AvgIpc) is 2.39. The van der Waals surface area contributed by atoms with Gasteiger partial charge in [0.25, 0.3) is 0 Å². The molecular formula is C5H6N4S. The minimum absolute atomic E-state index is 0.453. The van der Waals surface area contributed by atoms with Crippen LogP contribution in [0.4, 0.5) is 11.8 Å². The lowest BCUT2D eigenvalue weighted by atomic mass is 10.8. The first-order chi connectivity index (χ1) is 4.79. The predicted octanol–water partition coefficient (Wildman–Crippen LogP) is 0.560. The van der Waals surface area contributed by atoms with E-state index >= 15 is 0 Å². The zero-order valence-corrected chi connectivity index (χ0v) is 5.93. The van der Waals surface area contributed by atoms with Gasteiger partial charge in [0.1, 0.15) is 4.83 Å². The first kappa shape index (κ1) is 5.55. The van der Waals surface area contributed by atoms with E-state index in [1.165, 1.54) is 11.3 Å². The van der Waals surface area contributed by atoms with E-state index in [0.29, 0.717) is 11.8 Å². The van der Waals surface area contributed by atoms with E-state index in [2.05, 4.69) is 4.98 Å². The molecule has 0 saturated carbocycles. The third-order valence-corrected chi connectivity index (χ3v) is 2.20. The van der Waals surface area contributed by atoms with Crippen LogP contribution in [0.2, 0.25) is 0 Å². The maximum atomic E-state index is 5.52. The number of rotatable bonds is 0. The number of hydrogen-bond acceptors (Lipinski definition) is 4. The van der Waals surface area contributed by atoms with Crippen molar-refractivity contribution in [2.45, 2.75) is 0 Å². The van der Waals surface area contributed by atoms with E-state index in [0.717, 1.165) is 4.83 Å². The van der Waals surface area contributed by atoms with Crippen LogP contribution in [-0.2, 0) is 0 Å². The molecule has 10 heavy (non-hydrogen) atoms. The number of anilines is 2. The Morgan fingerprint density at radius 2 is 2.30 bits per heavy atom. The molecule has 2 heterocycles. The highest BCUT2D eigenvalue weighted by Gasteiger charge is 2.04. The summed E-state index contributed by atoms with van der Waals surface area (Å²) in [6.45, 7) is 0. The second-order valence-corrected chi connectivity index (χ2v) is 2.83. The third kappa shape index (κ3) is 0.522. The van der Waals surface area contributed by atoms with Crippen molar-refractivity contribution in [2.24, 2.45) is 0 Å². The summed E-state index contributed by atoms with van der Waals surface area (Å²) in [5, 5.41) is 1.92. The lowest BCUT2D eigenvalue weighted by Crippen LogP contribution is -1.90. The van der Waals surface area contributed by atoms with Gasteiger partial charge < -0.3 is 11.5 Å². The van der Waals surface area contributed by atoms with Crippen molar-refractivity contribution in [1.82, 2.24) is 9.38 Å². The molecule has 0 aliphatic carbocycles. The molecule has 0 aromatic carbocycles. The molecule has 0 fully saturated rings. The Morgan fingerprint density at radius 3 is 3.00 bits per heavy atom. The highest BCUT2D eigenvalue weighted by molar-refractivity contribution is 7.16. The summed E-state index contributed by atoms with van der Waals surface area (Å²) in [5.41, 5.74) is 11.0. The van der Waals surface area contributed by atoms with Crippen LogP contribution in [0.3, 0.4) is 0 Å². The number of fused-ring (bicyclic) bond motifs is 1. The van der Waals surface area contributed by atoms with Gasteiger partial charge in [-0.3, -0.25) is 4.40 Å². The van der Waals surface area contributed by atoms with Crippen LogP contribution in [0.25, 0.3) is 4.83 Å². The normalized spacial score (nSPS) is 10.8. The Kier molecular flexibility index (Phi) is 0.906. The summed E-state index contributed by atoms with van der Waals surface area (Å²) < 4.78 is 1.76. The van der Waals surface area contributed by atoms with Crippen molar-refractivity contribution in [1.29, 1.82) is 0 Å². The number of thiazole rings is 1. The van der Waals surface area contributed by atoms with Gasteiger partial charge in [-0.05, 0) is 0 Å². The Morgan fingerprint density at radius 1 is 1.50 bits per heavy atom. The van der Waals surface area contributed by atoms with Crippen molar-refractivity contribution in [3.05, 3.63) is 11.6 Å². The van der Waals surface area contributed by atoms with Gasteiger partial charge in [0.05, 0.1) is 0 Å². The fourth-order valence-corrected chi connectivity index (χ4v) is 1.62. The zero-order valence-electron chi connectivity index (χ0n) is 5.11. The Labute approximate surface area is 61.1 Å². The molecule has 2 aromatic heterocycles. The number of nitrogens with two attached hydrogens (primary N) is 2. The molecule has 0 radical (unpaired) electrons. The monoisotopic (exact) mass is 154 g/mol. The maximum absolute atomic E-state index is 5.52. The smallest absolute Gasteiger partial charge is 0.207 e. The van der Waals surface area contributed by atoms with Crippen LogP contribution >= 0.6 is 11.3 Å². The molecule has 2 rings (SSSR count). The van der Waals surface area contributed by atoms with Crippen LogP contribution in [0, 0.1) is 0 Å². The quantitative estimate of drug-likeness (QED) is 0.582. The molecule has 4 nitrogen and oxygen atoms in total. The number of nitrogens with zero attached hydrogens (tertiary/aromatic N) is 2. The van der Waals surface area contributed by atoms with Gasteiger partial charge in [-0.15, -0.1) is 11.3 Å². The first-order valence-corrected chi connectivity index (χ1v) is 3.63. The van der Waals surface area contributed by atoms with E-state index in [1.54, 1.807) is 4.40 Å². The van der Waals surface area contributed by atoms with Gasteiger partial charge in [-0.2, -0.15) is 4.98 Å². The van der Waals surface area contributed by atoms with Crippen LogP contribution in [0.5, 0.6) is 0 Å². The van der Waals surface area contributed by atoms with Crippen LogP contribution in [0.1, 0.15) is 0 Å². The summed E-state index contributed by atoms with van der Waals surface area (Å²) in [7, 11) is 0. The topological polar surface area (TPSA) is 69.3 Å². The molecule has 52 valence electrons. The largest absolute Gasteiger partial charge is 0.381 e. The molecule has 5 heteroatoms. The lowest BCUT2D eigenvalue weighted by molar-refractivity contribution is 1.20. The third-order valence-electron chi connectivity index (χ3n) is 1.31. The van der Waals surface area contributed by atoms with E-state index in [4.69, 9.17) is 11.5 Å². The van der Waals surface area contributed by atoms with Gasteiger partial charge >= 0.3 is 0 Å². The molecule has 2 aromatic rings. The molecule has 0 unspecified atom stereocenters. The summed E-state index contributed by atoms with van der Waals surface area (Å²) >= 11 is 1.53. The highest BCUT2D eigenvalue weighted by atomic mass is 32.1. The van der Waals surface area contributed by atoms with Gasteiger partial charge in [0.15, 0.2) is 5.82 Å². The highest BCUT2D eigenvalue weighted by Crippen LogP contribution is 2.21. The SMILES string of the molecule is Nc1nc(N)n2ccsc12. The molecule has 0 atom stereocenters. The summed E-state index contributed by atoms with van der Waals surface area (Å²) in [4.78, 5) is 4.79.